The van der Waals surface area contributed by atoms with Crippen molar-refractivity contribution in [2.24, 2.45) is 0 Å². The monoisotopic (exact) mass is 589 g/mol. The van der Waals surface area contributed by atoms with E-state index in [0.717, 1.165) is 16.4 Å². The number of halogens is 2. The zero-order valence-electron chi connectivity index (χ0n) is 23.0. The Bertz CT molecular complexity index is 1440. The van der Waals surface area contributed by atoms with Gasteiger partial charge >= 0.3 is 0 Å². The average Bonchev–Trinajstić information content (AvgIpc) is 2.90. The van der Waals surface area contributed by atoms with Crippen LogP contribution in [0, 0.1) is 5.82 Å². The van der Waals surface area contributed by atoms with Gasteiger partial charge < -0.3 is 15.0 Å². The second kappa shape index (κ2) is 12.7. The lowest BCUT2D eigenvalue weighted by molar-refractivity contribution is -0.140. The molecule has 11 heteroatoms. The molecule has 0 bridgehead atoms. The largest absolute Gasteiger partial charge is 0.497 e. The smallest absolute Gasteiger partial charge is 0.264 e. The van der Waals surface area contributed by atoms with E-state index in [0.29, 0.717) is 16.3 Å². The molecule has 40 heavy (non-hydrogen) atoms. The Morgan fingerprint density at radius 1 is 1.00 bits per heavy atom. The van der Waals surface area contributed by atoms with Gasteiger partial charge in [0.1, 0.15) is 24.2 Å². The van der Waals surface area contributed by atoms with E-state index in [1.54, 1.807) is 31.2 Å². The third-order valence-corrected chi connectivity index (χ3v) is 8.16. The highest BCUT2D eigenvalue weighted by molar-refractivity contribution is 7.92. The molecular formula is C29H33ClFN3O5S. The van der Waals surface area contributed by atoms with Crippen LogP contribution in [0.3, 0.4) is 0 Å². The lowest BCUT2D eigenvalue weighted by atomic mass is 10.1. The molecule has 8 nitrogen and oxygen atoms in total. The first-order valence-electron chi connectivity index (χ1n) is 12.5. The van der Waals surface area contributed by atoms with Crippen molar-refractivity contribution in [3.05, 3.63) is 89.2 Å². The molecule has 2 amide bonds. The van der Waals surface area contributed by atoms with E-state index in [2.05, 4.69) is 5.32 Å². The molecule has 3 aromatic rings. The third-order valence-electron chi connectivity index (χ3n) is 6.00. The maximum absolute atomic E-state index is 13.9. The van der Waals surface area contributed by atoms with Crippen molar-refractivity contribution in [2.75, 3.05) is 18.0 Å². The number of methoxy groups -OCH3 is 1. The third kappa shape index (κ3) is 7.73. The van der Waals surface area contributed by atoms with Crippen LogP contribution in [0.25, 0.3) is 0 Å². The number of sulfonamides is 1. The summed E-state index contributed by atoms with van der Waals surface area (Å²) in [7, 11) is -2.84. The van der Waals surface area contributed by atoms with Crippen LogP contribution < -0.4 is 14.4 Å². The van der Waals surface area contributed by atoms with Crippen LogP contribution in [0.4, 0.5) is 10.1 Å². The van der Waals surface area contributed by atoms with Gasteiger partial charge in [-0.2, -0.15) is 0 Å². The Hall–Kier alpha value is -3.63. The Morgan fingerprint density at radius 3 is 2.15 bits per heavy atom. The molecule has 0 heterocycles. The molecule has 1 atom stereocenters. The van der Waals surface area contributed by atoms with Crippen LogP contribution in [-0.4, -0.2) is 50.4 Å². The van der Waals surface area contributed by atoms with Crippen LogP contribution in [0.2, 0.25) is 5.02 Å². The highest BCUT2D eigenvalue weighted by atomic mass is 35.5. The van der Waals surface area contributed by atoms with E-state index in [1.165, 1.54) is 48.4 Å². The summed E-state index contributed by atoms with van der Waals surface area (Å²) in [5.41, 5.74) is 0.0943. The van der Waals surface area contributed by atoms with Gasteiger partial charge in [0, 0.05) is 17.1 Å². The number of amides is 2. The van der Waals surface area contributed by atoms with Gasteiger partial charge in [-0.25, -0.2) is 12.8 Å². The lowest BCUT2D eigenvalue weighted by Gasteiger charge is -2.33. The Labute approximate surface area is 239 Å². The topological polar surface area (TPSA) is 96.0 Å². The summed E-state index contributed by atoms with van der Waals surface area (Å²) in [6.45, 7) is 6.31. The molecule has 1 N–H and O–H groups in total. The van der Waals surface area contributed by atoms with E-state index in [4.69, 9.17) is 16.3 Å². The Balaban J connectivity index is 2.04. The molecule has 3 aromatic carbocycles. The maximum Gasteiger partial charge on any atom is 0.264 e. The number of anilines is 1. The fourth-order valence-electron chi connectivity index (χ4n) is 3.88. The second-order valence-corrected chi connectivity index (χ2v) is 12.5. The molecule has 3 rings (SSSR count). The van der Waals surface area contributed by atoms with Crippen LogP contribution in [0.5, 0.6) is 5.75 Å². The van der Waals surface area contributed by atoms with Crippen molar-refractivity contribution in [2.45, 2.75) is 50.7 Å². The number of carbonyl (C=O) groups is 2. The number of hydrogen-bond donors (Lipinski definition) is 1. The standard InChI is InChI=1S/C29H33ClFN3O5S/c1-20(28(36)32-29(2,3)4)33(18-21-8-6-7-9-26(21)30)27(35)19-34(23-12-10-22(31)11-13-23)40(37,38)25-16-14-24(39-5)15-17-25/h6-17,20H,18-19H2,1-5H3,(H,32,36)/t20-/m1/s1. The van der Waals surface area contributed by atoms with Crippen molar-refractivity contribution in [3.63, 3.8) is 0 Å². The number of nitrogens with zero attached hydrogens (tertiary/aromatic N) is 2. The summed E-state index contributed by atoms with van der Waals surface area (Å²) < 4.78 is 47.4. The summed E-state index contributed by atoms with van der Waals surface area (Å²) in [6.07, 6.45) is 0. The van der Waals surface area contributed by atoms with E-state index >= 15 is 0 Å². The van der Waals surface area contributed by atoms with Crippen LogP contribution in [-0.2, 0) is 26.2 Å². The molecule has 0 saturated carbocycles. The molecule has 214 valence electrons. The average molecular weight is 590 g/mol. The van der Waals surface area contributed by atoms with Crippen LogP contribution in [0.1, 0.15) is 33.3 Å². The summed E-state index contributed by atoms with van der Waals surface area (Å²) in [5, 5.41) is 3.26. The highest BCUT2D eigenvalue weighted by Crippen LogP contribution is 2.27. The normalized spacial score (nSPS) is 12.4. The summed E-state index contributed by atoms with van der Waals surface area (Å²) in [5.74, 6) is -1.19. The predicted octanol–water partition coefficient (Wildman–Crippen LogP) is 5.02. The zero-order valence-corrected chi connectivity index (χ0v) is 24.6. The van der Waals surface area contributed by atoms with Crippen LogP contribution >= 0.6 is 11.6 Å². The first-order chi connectivity index (χ1) is 18.7. The van der Waals surface area contributed by atoms with Crippen molar-refractivity contribution in [1.29, 1.82) is 0 Å². The number of carbonyl (C=O) groups excluding carboxylic acids is 2. The van der Waals surface area contributed by atoms with E-state index in [9.17, 15) is 22.4 Å². The van der Waals surface area contributed by atoms with Crippen molar-refractivity contribution >= 4 is 39.1 Å². The number of benzene rings is 3. The molecule has 0 aliphatic heterocycles. The predicted molar refractivity (Wildman–Crippen MR) is 153 cm³/mol. The maximum atomic E-state index is 13.9. The fraction of sp³-hybridized carbons (Fsp3) is 0.310. The minimum absolute atomic E-state index is 0.0446. The minimum atomic E-state index is -4.30. The van der Waals surface area contributed by atoms with Gasteiger partial charge in [-0.3, -0.25) is 13.9 Å². The quantitative estimate of drug-likeness (QED) is 0.358. The Morgan fingerprint density at radius 2 is 1.60 bits per heavy atom. The van der Waals surface area contributed by atoms with Gasteiger partial charge in [0.25, 0.3) is 10.0 Å². The summed E-state index contributed by atoms with van der Waals surface area (Å²) >= 11 is 6.37. The second-order valence-electron chi connectivity index (χ2n) is 10.2. The molecule has 0 aliphatic carbocycles. The molecule has 0 radical (unpaired) electrons. The fourth-order valence-corrected chi connectivity index (χ4v) is 5.49. The first kappa shape index (κ1) is 30.9. The number of nitrogens with one attached hydrogen (secondary N) is 1. The van der Waals surface area contributed by atoms with Crippen molar-refractivity contribution in [1.82, 2.24) is 10.2 Å². The highest BCUT2D eigenvalue weighted by Gasteiger charge is 2.33. The van der Waals surface area contributed by atoms with E-state index in [-0.39, 0.29) is 17.1 Å². The van der Waals surface area contributed by atoms with Gasteiger partial charge in [-0.15, -0.1) is 0 Å². The number of rotatable bonds is 10. The van der Waals surface area contributed by atoms with E-state index < -0.39 is 45.8 Å². The molecule has 0 saturated heterocycles. The van der Waals surface area contributed by atoms with Gasteiger partial charge in [-0.05, 0) is 87.9 Å². The molecule has 0 fully saturated rings. The van der Waals surface area contributed by atoms with Gasteiger partial charge in [0.15, 0.2) is 0 Å². The van der Waals surface area contributed by atoms with Gasteiger partial charge in [0.05, 0.1) is 17.7 Å². The number of ether oxygens (including phenoxy) is 1. The Kier molecular flexibility index (Phi) is 9.81. The number of hydrogen-bond acceptors (Lipinski definition) is 5. The lowest BCUT2D eigenvalue weighted by Crippen LogP contribution is -2.54. The molecule has 0 aromatic heterocycles. The molecule has 0 unspecified atom stereocenters. The minimum Gasteiger partial charge on any atom is -0.497 e. The molecule has 0 aliphatic rings. The summed E-state index contributed by atoms with van der Waals surface area (Å²) in [4.78, 5) is 28.2. The van der Waals surface area contributed by atoms with Crippen LogP contribution in [0.15, 0.2) is 77.7 Å². The van der Waals surface area contributed by atoms with Gasteiger partial charge in [0.2, 0.25) is 11.8 Å². The summed E-state index contributed by atoms with van der Waals surface area (Å²) in [6, 6.07) is 16.4. The molecule has 0 spiro atoms. The van der Waals surface area contributed by atoms with Crippen molar-refractivity contribution in [3.8, 4) is 5.75 Å². The zero-order chi connectivity index (χ0) is 29.7. The molecular weight excluding hydrogens is 557 g/mol. The first-order valence-corrected chi connectivity index (χ1v) is 14.3. The SMILES string of the molecule is COc1ccc(S(=O)(=O)N(CC(=O)N(Cc2ccccc2Cl)[C@H](C)C(=O)NC(C)(C)C)c2ccc(F)cc2)cc1. The van der Waals surface area contributed by atoms with E-state index in [1.807, 2.05) is 20.8 Å². The van der Waals surface area contributed by atoms with Crippen molar-refractivity contribution < 1.29 is 27.1 Å². The van der Waals surface area contributed by atoms with Gasteiger partial charge in [-0.1, -0.05) is 29.8 Å².